The molecule has 2 aromatic heterocycles. The molecule has 38 heavy (non-hydrogen) atoms. The molecule has 2 aromatic carbocycles. The minimum atomic E-state index is 0.983. The summed E-state index contributed by atoms with van der Waals surface area (Å²) in [5, 5.41) is 0. The maximum Gasteiger partial charge on any atom is 0.212 e. The molecule has 0 saturated heterocycles. The number of hydrogen-bond acceptors (Lipinski definition) is 1. The summed E-state index contributed by atoms with van der Waals surface area (Å²) < 4.78 is 2.14. The Labute approximate surface area is 230 Å². The lowest BCUT2D eigenvalue weighted by Gasteiger charge is -2.06. The van der Waals surface area contributed by atoms with Crippen LogP contribution in [0.25, 0.3) is 28.1 Å². The molecule has 0 radical (unpaired) electrons. The van der Waals surface area contributed by atoms with Crippen LogP contribution in [0.5, 0.6) is 0 Å². The normalized spacial score (nSPS) is 10.3. The Balaban J connectivity index is 0.000000237. The van der Waals surface area contributed by atoms with Crippen molar-refractivity contribution in [2.24, 2.45) is 7.05 Å². The van der Waals surface area contributed by atoms with Crippen LogP contribution in [0.3, 0.4) is 0 Å². The second kappa shape index (κ2) is 17.2. The van der Waals surface area contributed by atoms with Gasteiger partial charge in [0, 0.05) is 29.0 Å². The van der Waals surface area contributed by atoms with Crippen molar-refractivity contribution < 1.29 is 4.57 Å². The predicted octanol–water partition coefficient (Wildman–Crippen LogP) is 9.35. The number of pyridine rings is 2. The average Bonchev–Trinajstić information content (AvgIpc) is 2.97. The van der Waals surface area contributed by atoms with Gasteiger partial charge in [0.15, 0.2) is 6.20 Å². The molecule has 0 bridgehead atoms. The molecule has 0 aliphatic heterocycles. The van der Waals surface area contributed by atoms with Gasteiger partial charge in [0.25, 0.3) is 0 Å². The molecule has 0 N–H and O–H groups in total. The molecule has 4 rings (SSSR count). The molecule has 0 spiro atoms. The first-order valence-electron chi connectivity index (χ1n) is 13.2. The van der Waals surface area contributed by atoms with E-state index < -0.39 is 0 Å². The fraction of sp³-hybridized carbons (Fsp3) is 0.167. The van der Waals surface area contributed by atoms with Gasteiger partial charge in [-0.1, -0.05) is 112 Å². The lowest BCUT2D eigenvalue weighted by molar-refractivity contribution is -0.660. The van der Waals surface area contributed by atoms with E-state index in [2.05, 4.69) is 117 Å². The van der Waals surface area contributed by atoms with Crippen LogP contribution in [-0.2, 0) is 7.05 Å². The number of nitrogens with zero attached hydrogens (tertiary/aromatic N) is 2. The smallest absolute Gasteiger partial charge is 0.212 e. The predicted molar refractivity (Wildman–Crippen MR) is 166 cm³/mol. The standard InChI is InChI=1S/C19H20N.C11H9N.C6H12/c1-5-6-9-15(2)17-12-13-19(20(4)14-17)18-11-8-7-10-16(18)3;1-2-6-10(7-3-1)11-8-4-5-9-12-11;1-3-5-6-4-2/h5-14H,1-2H2,3-4H3;1-9H;5-6H,3-4H2,1-2H3/q+1;;/b9-6-;;. The Hall–Kier alpha value is -4.30. The largest absolute Gasteiger partial charge is 0.256 e. The van der Waals surface area contributed by atoms with Crippen molar-refractivity contribution in [3.05, 3.63) is 152 Å². The highest BCUT2D eigenvalue weighted by atomic mass is 14.9. The van der Waals surface area contributed by atoms with E-state index in [1.54, 1.807) is 6.08 Å². The van der Waals surface area contributed by atoms with Crippen LogP contribution in [0.2, 0.25) is 0 Å². The average molecular weight is 502 g/mol. The number of aromatic nitrogens is 2. The zero-order valence-corrected chi connectivity index (χ0v) is 23.3. The van der Waals surface area contributed by atoms with Gasteiger partial charge in [-0.2, -0.15) is 0 Å². The molecule has 0 unspecified atom stereocenters. The van der Waals surface area contributed by atoms with E-state index in [-0.39, 0.29) is 0 Å². The second-order valence-electron chi connectivity index (χ2n) is 8.72. The van der Waals surface area contributed by atoms with Crippen molar-refractivity contribution in [2.45, 2.75) is 33.6 Å². The van der Waals surface area contributed by atoms with E-state index in [1.807, 2.05) is 54.7 Å². The van der Waals surface area contributed by atoms with Crippen LogP contribution in [-0.4, -0.2) is 4.98 Å². The number of rotatable bonds is 7. The number of aryl methyl sites for hydroxylation is 2. The molecule has 194 valence electrons. The van der Waals surface area contributed by atoms with E-state index in [0.717, 1.165) is 22.4 Å². The molecule has 0 atom stereocenters. The van der Waals surface area contributed by atoms with E-state index in [4.69, 9.17) is 0 Å². The van der Waals surface area contributed by atoms with Gasteiger partial charge >= 0.3 is 0 Å². The second-order valence-corrected chi connectivity index (χ2v) is 8.72. The SMILES string of the molecule is C=C/C=C\C(=C)c1ccc(-c2ccccc2C)[n+](C)c1.CCC=CCC.c1ccc(-c2ccccn2)cc1. The highest BCUT2D eigenvalue weighted by molar-refractivity contribution is 5.72. The first-order chi connectivity index (χ1) is 18.5. The lowest BCUT2D eigenvalue weighted by Crippen LogP contribution is -2.31. The van der Waals surface area contributed by atoms with Gasteiger partial charge in [-0.05, 0) is 55.2 Å². The van der Waals surface area contributed by atoms with Crippen molar-refractivity contribution in [3.63, 3.8) is 0 Å². The van der Waals surface area contributed by atoms with Gasteiger partial charge in [0.1, 0.15) is 7.05 Å². The molecule has 2 heteroatoms. The van der Waals surface area contributed by atoms with Gasteiger partial charge in [0.2, 0.25) is 5.69 Å². The molecule has 0 fully saturated rings. The summed E-state index contributed by atoms with van der Waals surface area (Å²) in [5.41, 5.74) is 8.03. The van der Waals surface area contributed by atoms with Crippen LogP contribution in [0, 0.1) is 6.92 Å². The molecule has 2 nitrogen and oxygen atoms in total. The third-order valence-corrected chi connectivity index (χ3v) is 5.73. The van der Waals surface area contributed by atoms with Gasteiger partial charge in [0.05, 0.1) is 5.69 Å². The maximum absolute atomic E-state index is 4.25. The van der Waals surface area contributed by atoms with Crippen molar-refractivity contribution in [1.82, 2.24) is 4.98 Å². The van der Waals surface area contributed by atoms with E-state index in [0.29, 0.717) is 0 Å². The molecule has 2 heterocycles. The Morgan fingerprint density at radius 3 is 2.08 bits per heavy atom. The third-order valence-electron chi connectivity index (χ3n) is 5.73. The van der Waals surface area contributed by atoms with Crippen LogP contribution >= 0.6 is 0 Å². The van der Waals surface area contributed by atoms with Crippen LogP contribution < -0.4 is 4.57 Å². The van der Waals surface area contributed by atoms with Gasteiger partial charge in [-0.15, -0.1) is 0 Å². The zero-order valence-electron chi connectivity index (χ0n) is 23.3. The molecule has 4 aromatic rings. The van der Waals surface area contributed by atoms with Crippen molar-refractivity contribution in [3.8, 4) is 22.5 Å². The Bertz CT molecular complexity index is 1270. The molecule has 0 amide bonds. The monoisotopic (exact) mass is 501 g/mol. The molecule has 0 aliphatic rings. The minimum Gasteiger partial charge on any atom is -0.256 e. The molecular formula is C36H41N2+. The minimum absolute atomic E-state index is 0.983. The molecular weight excluding hydrogens is 460 g/mol. The summed E-state index contributed by atoms with van der Waals surface area (Å²) in [6, 6.07) is 28.8. The highest BCUT2D eigenvalue weighted by Gasteiger charge is 2.12. The Morgan fingerprint density at radius 2 is 1.50 bits per heavy atom. The number of allylic oxidation sites excluding steroid dienone is 6. The first kappa shape index (κ1) is 29.9. The van der Waals surface area contributed by atoms with E-state index in [1.165, 1.54) is 29.7 Å². The fourth-order valence-electron chi connectivity index (χ4n) is 3.69. The highest BCUT2D eigenvalue weighted by Crippen LogP contribution is 2.21. The molecule has 0 aliphatic carbocycles. The molecule has 0 saturated carbocycles. The summed E-state index contributed by atoms with van der Waals surface area (Å²) in [5.74, 6) is 0. The lowest BCUT2D eigenvalue weighted by atomic mass is 10.0. The summed E-state index contributed by atoms with van der Waals surface area (Å²) in [6.07, 6.45) is 16.3. The van der Waals surface area contributed by atoms with Gasteiger partial charge in [-0.25, -0.2) is 4.57 Å². The number of hydrogen-bond donors (Lipinski definition) is 0. The third kappa shape index (κ3) is 9.99. The van der Waals surface area contributed by atoms with Crippen LogP contribution in [0.1, 0.15) is 37.8 Å². The van der Waals surface area contributed by atoms with Crippen LogP contribution in [0.4, 0.5) is 0 Å². The summed E-state index contributed by atoms with van der Waals surface area (Å²) in [4.78, 5) is 4.25. The number of benzene rings is 2. The fourth-order valence-corrected chi connectivity index (χ4v) is 3.69. The summed E-state index contributed by atoms with van der Waals surface area (Å²) in [6.45, 7) is 14.2. The van der Waals surface area contributed by atoms with Gasteiger partial charge < -0.3 is 0 Å². The zero-order chi connectivity index (χ0) is 27.6. The van der Waals surface area contributed by atoms with E-state index >= 15 is 0 Å². The quantitative estimate of drug-likeness (QED) is 0.140. The van der Waals surface area contributed by atoms with Gasteiger partial charge in [-0.3, -0.25) is 4.98 Å². The first-order valence-corrected chi connectivity index (χ1v) is 13.2. The topological polar surface area (TPSA) is 16.8 Å². The van der Waals surface area contributed by atoms with Crippen molar-refractivity contribution in [2.75, 3.05) is 0 Å². The maximum atomic E-state index is 4.25. The van der Waals surface area contributed by atoms with Crippen molar-refractivity contribution in [1.29, 1.82) is 0 Å². The van der Waals surface area contributed by atoms with E-state index in [9.17, 15) is 0 Å². The summed E-state index contributed by atoms with van der Waals surface area (Å²) >= 11 is 0. The van der Waals surface area contributed by atoms with Crippen molar-refractivity contribution >= 4 is 5.57 Å². The van der Waals surface area contributed by atoms with Crippen LogP contribution in [0.15, 0.2) is 141 Å². The Morgan fingerprint density at radius 1 is 0.842 bits per heavy atom. The summed E-state index contributed by atoms with van der Waals surface area (Å²) in [7, 11) is 2.07. The Kier molecular flexibility index (Phi) is 13.6.